The molecule has 2 fully saturated rings. The fraction of sp³-hybridized carbons (Fsp3) is 0.409. The van der Waals surface area contributed by atoms with Gasteiger partial charge >= 0.3 is 6.18 Å². The average Bonchev–Trinajstić information content (AvgIpc) is 3.65. The molecule has 0 saturated heterocycles. The molecule has 0 bridgehead atoms. The number of carbonyl (C=O) groups is 2. The van der Waals surface area contributed by atoms with E-state index in [2.05, 4.69) is 10.3 Å². The lowest BCUT2D eigenvalue weighted by Gasteiger charge is -2.22. The van der Waals surface area contributed by atoms with Crippen LogP contribution in [0, 0.1) is 0 Å². The Kier molecular flexibility index (Phi) is 6.22. The molecular weight excluding hydrogens is 427 g/mol. The fourth-order valence-corrected chi connectivity index (χ4v) is 3.84. The molecule has 9 heteroatoms. The number of thioether (sulfide) groups is 1. The third-order valence-corrected chi connectivity index (χ3v) is 6.13. The summed E-state index contributed by atoms with van der Waals surface area (Å²) in [6.07, 6.45) is 0.299. The Labute approximate surface area is 182 Å². The Hall–Kier alpha value is -2.55. The first-order valence-electron chi connectivity index (χ1n) is 10.1. The lowest BCUT2D eigenvalue weighted by Crippen LogP contribution is -2.34. The normalized spacial score (nSPS) is 16.1. The van der Waals surface area contributed by atoms with Crippen LogP contribution in [0.2, 0.25) is 0 Å². The largest absolute Gasteiger partial charge is 0.417 e. The zero-order valence-corrected chi connectivity index (χ0v) is 17.5. The molecule has 2 saturated carbocycles. The van der Waals surface area contributed by atoms with E-state index in [1.54, 1.807) is 17.0 Å². The maximum atomic E-state index is 12.8. The second-order valence-electron chi connectivity index (χ2n) is 7.87. The van der Waals surface area contributed by atoms with E-state index in [0.29, 0.717) is 23.2 Å². The number of hydrogen-bond acceptors (Lipinski definition) is 4. The summed E-state index contributed by atoms with van der Waals surface area (Å²) in [5.41, 5.74) is 0.724. The third kappa shape index (κ3) is 6.00. The minimum Gasteiger partial charge on any atom is -0.349 e. The monoisotopic (exact) mass is 449 g/mol. The summed E-state index contributed by atoms with van der Waals surface area (Å²) in [5, 5.41) is 3.32. The quantitative estimate of drug-likeness (QED) is 0.612. The molecule has 2 aliphatic carbocycles. The van der Waals surface area contributed by atoms with Gasteiger partial charge in [-0.25, -0.2) is 4.98 Å². The van der Waals surface area contributed by atoms with Crippen molar-refractivity contribution in [1.82, 2.24) is 15.2 Å². The van der Waals surface area contributed by atoms with Crippen molar-refractivity contribution in [2.45, 2.75) is 55.5 Å². The molecule has 0 atom stereocenters. The average molecular weight is 449 g/mol. The van der Waals surface area contributed by atoms with Crippen LogP contribution >= 0.6 is 11.8 Å². The smallest absolute Gasteiger partial charge is 0.349 e. The summed E-state index contributed by atoms with van der Waals surface area (Å²) in [4.78, 5) is 30.5. The van der Waals surface area contributed by atoms with Gasteiger partial charge in [-0.2, -0.15) is 13.2 Å². The van der Waals surface area contributed by atoms with Gasteiger partial charge in [0.05, 0.1) is 16.3 Å². The molecule has 5 nitrogen and oxygen atoms in total. The Morgan fingerprint density at radius 3 is 2.32 bits per heavy atom. The van der Waals surface area contributed by atoms with Crippen LogP contribution in [0.1, 0.15) is 47.2 Å². The molecule has 2 amide bonds. The highest BCUT2D eigenvalue weighted by Gasteiger charge is 2.33. The summed E-state index contributed by atoms with van der Waals surface area (Å²) in [6, 6.07) is 9.99. The zero-order valence-electron chi connectivity index (χ0n) is 16.7. The van der Waals surface area contributed by atoms with Crippen molar-refractivity contribution in [3.8, 4) is 0 Å². The van der Waals surface area contributed by atoms with Crippen LogP contribution in [0.15, 0.2) is 47.6 Å². The van der Waals surface area contributed by atoms with E-state index in [1.807, 2.05) is 12.1 Å². The molecule has 2 aromatic rings. The van der Waals surface area contributed by atoms with Crippen LogP contribution in [0.3, 0.4) is 0 Å². The van der Waals surface area contributed by atoms with Gasteiger partial charge in [-0.05, 0) is 55.5 Å². The minimum atomic E-state index is -4.43. The van der Waals surface area contributed by atoms with Crippen LogP contribution in [0.25, 0.3) is 0 Å². The van der Waals surface area contributed by atoms with Crippen LogP contribution in [0.4, 0.5) is 13.2 Å². The van der Waals surface area contributed by atoms with Crippen LogP contribution in [-0.2, 0) is 17.5 Å². The number of amides is 2. The summed E-state index contributed by atoms with van der Waals surface area (Å²) < 4.78 is 37.9. The third-order valence-electron chi connectivity index (χ3n) is 5.20. The van der Waals surface area contributed by atoms with Crippen LogP contribution < -0.4 is 5.32 Å². The second-order valence-corrected chi connectivity index (χ2v) is 8.86. The second kappa shape index (κ2) is 8.90. The molecule has 164 valence electrons. The Morgan fingerprint density at radius 1 is 1.06 bits per heavy atom. The highest BCUT2D eigenvalue weighted by atomic mass is 32.2. The van der Waals surface area contributed by atoms with Gasteiger partial charge in [0.25, 0.3) is 5.91 Å². The molecule has 0 spiro atoms. The molecule has 2 aliphatic rings. The van der Waals surface area contributed by atoms with Crippen molar-refractivity contribution < 1.29 is 22.8 Å². The highest BCUT2D eigenvalue weighted by molar-refractivity contribution is 7.99. The maximum Gasteiger partial charge on any atom is 0.417 e. The fourth-order valence-electron chi connectivity index (χ4n) is 3.11. The topological polar surface area (TPSA) is 62.3 Å². The standard InChI is InChI=1S/C22H22F3N3O2S/c23-22(24,25)16-5-10-19(26-11-16)31-13-20(29)28(18-8-9-18)12-14-1-3-15(4-2-14)21(30)27-17-6-7-17/h1-5,10-11,17-18H,6-9,12-13H2,(H,27,30). The SMILES string of the molecule is O=C(NC1CC1)c1ccc(CN(C(=O)CSc2ccc(C(F)(F)F)cn2)C2CC2)cc1. The number of carbonyl (C=O) groups excluding carboxylic acids is 2. The van der Waals surface area contributed by atoms with Gasteiger partial charge in [0.1, 0.15) is 0 Å². The van der Waals surface area contributed by atoms with Crippen molar-refractivity contribution in [3.05, 3.63) is 59.3 Å². The lowest BCUT2D eigenvalue weighted by molar-refractivity contribution is -0.138. The van der Waals surface area contributed by atoms with Crippen molar-refractivity contribution in [2.75, 3.05) is 5.75 Å². The number of nitrogens with zero attached hydrogens (tertiary/aromatic N) is 2. The number of hydrogen-bond donors (Lipinski definition) is 1. The first-order valence-corrected chi connectivity index (χ1v) is 11.1. The Balaban J connectivity index is 1.33. The van der Waals surface area contributed by atoms with E-state index in [0.717, 1.165) is 55.3 Å². The molecule has 1 N–H and O–H groups in total. The molecule has 0 unspecified atom stereocenters. The van der Waals surface area contributed by atoms with Gasteiger partial charge in [-0.3, -0.25) is 9.59 Å². The molecule has 4 rings (SSSR count). The van der Waals surface area contributed by atoms with E-state index in [1.165, 1.54) is 6.07 Å². The summed E-state index contributed by atoms with van der Waals surface area (Å²) in [5.74, 6) is -0.0501. The molecule has 31 heavy (non-hydrogen) atoms. The van der Waals surface area contributed by atoms with Crippen molar-refractivity contribution in [1.29, 1.82) is 0 Å². The van der Waals surface area contributed by atoms with E-state index in [-0.39, 0.29) is 23.6 Å². The Morgan fingerprint density at radius 2 is 1.77 bits per heavy atom. The molecule has 1 heterocycles. The van der Waals surface area contributed by atoms with Gasteiger partial charge in [-0.15, -0.1) is 0 Å². The maximum absolute atomic E-state index is 12.8. The number of benzene rings is 1. The first-order chi connectivity index (χ1) is 14.8. The number of pyridine rings is 1. The van der Waals surface area contributed by atoms with E-state index < -0.39 is 11.7 Å². The lowest BCUT2D eigenvalue weighted by atomic mass is 10.1. The van der Waals surface area contributed by atoms with Crippen molar-refractivity contribution in [2.24, 2.45) is 0 Å². The predicted molar refractivity (Wildman–Crippen MR) is 110 cm³/mol. The Bertz CT molecular complexity index is 940. The van der Waals surface area contributed by atoms with E-state index in [4.69, 9.17) is 0 Å². The molecule has 0 aliphatic heterocycles. The predicted octanol–water partition coefficient (Wildman–Crippen LogP) is 4.28. The molecule has 1 aromatic carbocycles. The van der Waals surface area contributed by atoms with Gasteiger partial charge < -0.3 is 10.2 Å². The van der Waals surface area contributed by atoms with Gasteiger partial charge in [0.2, 0.25) is 5.91 Å². The van der Waals surface area contributed by atoms with Gasteiger partial charge in [0.15, 0.2) is 0 Å². The zero-order chi connectivity index (χ0) is 22.0. The van der Waals surface area contributed by atoms with E-state index >= 15 is 0 Å². The molecule has 0 radical (unpaired) electrons. The van der Waals surface area contributed by atoms with Crippen molar-refractivity contribution in [3.63, 3.8) is 0 Å². The highest BCUT2D eigenvalue weighted by Crippen LogP contribution is 2.31. The van der Waals surface area contributed by atoms with Gasteiger partial charge in [-0.1, -0.05) is 23.9 Å². The molecule has 1 aromatic heterocycles. The van der Waals surface area contributed by atoms with Gasteiger partial charge in [0, 0.05) is 30.4 Å². The summed E-state index contributed by atoms with van der Waals surface area (Å²) in [6.45, 7) is 0.440. The number of nitrogens with one attached hydrogen (secondary N) is 1. The summed E-state index contributed by atoms with van der Waals surface area (Å²) >= 11 is 1.13. The first kappa shape index (κ1) is 21.7. The van der Waals surface area contributed by atoms with E-state index in [9.17, 15) is 22.8 Å². The number of aromatic nitrogens is 1. The van der Waals surface area contributed by atoms with Crippen LogP contribution in [0.5, 0.6) is 0 Å². The molecular formula is C22H22F3N3O2S. The number of rotatable bonds is 8. The number of alkyl halides is 3. The van der Waals surface area contributed by atoms with Crippen LogP contribution in [-0.4, -0.2) is 39.5 Å². The summed E-state index contributed by atoms with van der Waals surface area (Å²) in [7, 11) is 0. The van der Waals surface area contributed by atoms with Crippen molar-refractivity contribution >= 4 is 23.6 Å². The number of halogens is 3. The minimum absolute atomic E-state index is 0.0789.